The van der Waals surface area contributed by atoms with Gasteiger partial charge in [-0.2, -0.15) is 0 Å². The van der Waals surface area contributed by atoms with Crippen LogP contribution in [-0.4, -0.2) is 22.8 Å². The zero-order valence-electron chi connectivity index (χ0n) is 14.7. The summed E-state index contributed by atoms with van der Waals surface area (Å²) < 4.78 is 0. The standard InChI is InChI=1S/C20H32O3/c1-18-7-3-8-19(2,17(22)23)15(18)6-9-20-10-13(4-5-16(18)20)14(11-20)12-21/h13-16,21H,3-12H2,1-2H3,(H,22,23)/t13-,14-,15+,16+,18-,19+,20+/m1/s1. The third-order valence-electron chi connectivity index (χ3n) is 9.00. The number of hydrogen-bond acceptors (Lipinski definition) is 2. The fourth-order valence-electron chi connectivity index (χ4n) is 8.06. The van der Waals surface area contributed by atoms with Gasteiger partial charge in [0.25, 0.3) is 0 Å². The van der Waals surface area contributed by atoms with Gasteiger partial charge in [-0.3, -0.25) is 4.79 Å². The largest absolute Gasteiger partial charge is 0.481 e. The Kier molecular flexibility index (Phi) is 3.44. The summed E-state index contributed by atoms with van der Waals surface area (Å²) in [5.41, 5.74) is 0.0811. The van der Waals surface area contributed by atoms with Gasteiger partial charge in [-0.05, 0) is 92.8 Å². The van der Waals surface area contributed by atoms with Crippen molar-refractivity contribution in [3.05, 3.63) is 0 Å². The van der Waals surface area contributed by atoms with Gasteiger partial charge in [0, 0.05) is 6.61 Å². The van der Waals surface area contributed by atoms with Gasteiger partial charge in [-0.25, -0.2) is 0 Å². The minimum absolute atomic E-state index is 0.193. The Balaban J connectivity index is 1.71. The van der Waals surface area contributed by atoms with Crippen molar-refractivity contribution in [2.45, 2.75) is 71.6 Å². The van der Waals surface area contributed by atoms with Gasteiger partial charge in [0.15, 0.2) is 0 Å². The summed E-state index contributed by atoms with van der Waals surface area (Å²) in [4.78, 5) is 12.1. The maximum Gasteiger partial charge on any atom is 0.309 e. The fourth-order valence-corrected chi connectivity index (χ4v) is 8.06. The molecule has 2 N–H and O–H groups in total. The van der Waals surface area contributed by atoms with Gasteiger partial charge >= 0.3 is 5.97 Å². The van der Waals surface area contributed by atoms with Gasteiger partial charge in [-0.15, -0.1) is 0 Å². The highest BCUT2D eigenvalue weighted by atomic mass is 16.4. The molecule has 0 aliphatic heterocycles. The second kappa shape index (κ2) is 4.97. The van der Waals surface area contributed by atoms with Crippen molar-refractivity contribution in [2.75, 3.05) is 6.61 Å². The molecule has 4 saturated carbocycles. The monoisotopic (exact) mass is 320 g/mol. The van der Waals surface area contributed by atoms with Gasteiger partial charge in [0.1, 0.15) is 0 Å². The lowest BCUT2D eigenvalue weighted by Gasteiger charge is -2.63. The van der Waals surface area contributed by atoms with Gasteiger partial charge < -0.3 is 10.2 Å². The first-order valence-corrected chi connectivity index (χ1v) is 9.70. The van der Waals surface area contributed by atoms with Crippen LogP contribution in [0.15, 0.2) is 0 Å². The van der Waals surface area contributed by atoms with Crippen molar-refractivity contribution in [1.29, 1.82) is 0 Å². The summed E-state index contributed by atoms with van der Waals surface area (Å²) in [6, 6.07) is 0. The fraction of sp³-hybridized carbons (Fsp3) is 0.950. The van der Waals surface area contributed by atoms with Crippen LogP contribution in [-0.2, 0) is 4.79 Å². The number of aliphatic carboxylic acids is 1. The lowest BCUT2D eigenvalue weighted by molar-refractivity contribution is -0.181. The Bertz CT molecular complexity index is 517. The van der Waals surface area contributed by atoms with Crippen molar-refractivity contribution < 1.29 is 15.0 Å². The zero-order chi connectivity index (χ0) is 16.5. The molecule has 1 spiro atoms. The Labute approximate surface area is 139 Å². The SMILES string of the molecule is C[C@@]12CCC[C@](C)(C(=O)O)[C@H]1CC[C@@]13C[C@@H](CC[C@H]12)[C@@H](CO)C3. The summed E-state index contributed by atoms with van der Waals surface area (Å²) in [5.74, 6) is 1.68. The van der Waals surface area contributed by atoms with E-state index in [-0.39, 0.29) is 5.41 Å². The Hall–Kier alpha value is -0.570. The number of carbonyl (C=O) groups is 1. The highest BCUT2D eigenvalue weighted by Crippen LogP contribution is 2.72. The first-order chi connectivity index (χ1) is 10.9. The lowest BCUT2D eigenvalue weighted by Crippen LogP contribution is -2.58. The third kappa shape index (κ3) is 1.95. The molecule has 4 aliphatic carbocycles. The summed E-state index contributed by atoms with van der Waals surface area (Å²) in [6.07, 6.45) is 10.4. The van der Waals surface area contributed by atoms with Crippen LogP contribution in [0.4, 0.5) is 0 Å². The van der Waals surface area contributed by atoms with E-state index in [1.807, 2.05) is 6.92 Å². The van der Waals surface area contributed by atoms with Crippen LogP contribution in [0.3, 0.4) is 0 Å². The molecule has 23 heavy (non-hydrogen) atoms. The smallest absolute Gasteiger partial charge is 0.309 e. The van der Waals surface area contributed by atoms with E-state index in [0.717, 1.165) is 25.2 Å². The molecule has 0 radical (unpaired) electrons. The molecule has 4 fully saturated rings. The van der Waals surface area contributed by atoms with E-state index in [2.05, 4.69) is 6.92 Å². The molecule has 2 bridgehead atoms. The Morgan fingerprint density at radius 2 is 1.83 bits per heavy atom. The number of hydrogen-bond donors (Lipinski definition) is 2. The average Bonchev–Trinajstić information content (AvgIpc) is 2.77. The second-order valence-electron chi connectivity index (χ2n) is 9.78. The molecule has 0 aromatic heterocycles. The highest BCUT2D eigenvalue weighted by molar-refractivity contribution is 5.75. The first-order valence-electron chi connectivity index (χ1n) is 9.70. The van der Waals surface area contributed by atoms with Crippen LogP contribution in [0.25, 0.3) is 0 Å². The molecule has 4 rings (SSSR count). The molecule has 7 atom stereocenters. The van der Waals surface area contributed by atoms with Crippen molar-refractivity contribution in [3.63, 3.8) is 0 Å². The molecular weight excluding hydrogens is 288 g/mol. The van der Waals surface area contributed by atoms with E-state index >= 15 is 0 Å². The first kappa shape index (κ1) is 15.9. The van der Waals surface area contributed by atoms with E-state index in [0.29, 0.717) is 29.8 Å². The number of carboxylic acid groups (broad SMARTS) is 1. The normalized spacial score (nSPS) is 55.1. The summed E-state index contributed by atoms with van der Waals surface area (Å²) in [7, 11) is 0. The number of rotatable bonds is 2. The minimum Gasteiger partial charge on any atom is -0.481 e. The minimum atomic E-state index is -0.572. The zero-order valence-corrected chi connectivity index (χ0v) is 14.7. The topological polar surface area (TPSA) is 57.5 Å². The van der Waals surface area contributed by atoms with Crippen molar-refractivity contribution in [3.8, 4) is 0 Å². The molecule has 0 aromatic carbocycles. The molecule has 0 saturated heterocycles. The second-order valence-corrected chi connectivity index (χ2v) is 9.78. The maximum atomic E-state index is 12.1. The summed E-state index contributed by atoms with van der Waals surface area (Å²) in [5, 5.41) is 19.7. The predicted molar refractivity (Wildman–Crippen MR) is 88.9 cm³/mol. The molecule has 0 aromatic rings. The van der Waals surface area contributed by atoms with Crippen molar-refractivity contribution in [2.24, 2.45) is 39.9 Å². The molecule has 3 nitrogen and oxygen atoms in total. The molecular formula is C20H32O3. The Morgan fingerprint density at radius 1 is 1.04 bits per heavy atom. The van der Waals surface area contributed by atoms with E-state index in [9.17, 15) is 15.0 Å². The van der Waals surface area contributed by atoms with Crippen LogP contribution in [0, 0.1) is 39.9 Å². The molecule has 4 aliphatic rings. The molecule has 0 amide bonds. The number of fused-ring (bicyclic) bond motifs is 3. The van der Waals surface area contributed by atoms with Gasteiger partial charge in [-0.1, -0.05) is 13.3 Å². The number of carboxylic acids is 1. The van der Waals surface area contributed by atoms with E-state index in [4.69, 9.17) is 0 Å². The molecule has 130 valence electrons. The summed E-state index contributed by atoms with van der Waals surface area (Å²) >= 11 is 0. The molecule has 0 unspecified atom stereocenters. The van der Waals surface area contributed by atoms with Crippen LogP contribution >= 0.6 is 0 Å². The van der Waals surface area contributed by atoms with Gasteiger partial charge in [0.05, 0.1) is 5.41 Å². The lowest BCUT2D eigenvalue weighted by atomic mass is 9.41. The third-order valence-corrected chi connectivity index (χ3v) is 9.00. The van der Waals surface area contributed by atoms with Crippen molar-refractivity contribution >= 4 is 5.97 Å². The van der Waals surface area contributed by atoms with Crippen LogP contribution in [0.5, 0.6) is 0 Å². The van der Waals surface area contributed by atoms with Crippen LogP contribution in [0.2, 0.25) is 0 Å². The summed E-state index contributed by atoms with van der Waals surface area (Å²) in [6.45, 7) is 4.80. The molecule has 3 heteroatoms. The van der Waals surface area contributed by atoms with Crippen LogP contribution in [0.1, 0.15) is 71.6 Å². The number of aliphatic hydroxyl groups is 1. The van der Waals surface area contributed by atoms with E-state index in [1.54, 1.807) is 0 Å². The van der Waals surface area contributed by atoms with Crippen LogP contribution < -0.4 is 0 Å². The predicted octanol–water partition coefficient (Wildman–Crippen LogP) is 4.09. The van der Waals surface area contributed by atoms with Gasteiger partial charge in [0.2, 0.25) is 0 Å². The quantitative estimate of drug-likeness (QED) is 0.805. The van der Waals surface area contributed by atoms with E-state index in [1.165, 1.54) is 38.5 Å². The number of aliphatic hydroxyl groups excluding tert-OH is 1. The maximum absolute atomic E-state index is 12.1. The highest BCUT2D eigenvalue weighted by Gasteiger charge is 2.65. The van der Waals surface area contributed by atoms with Crippen molar-refractivity contribution in [1.82, 2.24) is 0 Å². The molecule has 0 heterocycles. The Morgan fingerprint density at radius 3 is 2.52 bits per heavy atom. The van der Waals surface area contributed by atoms with E-state index < -0.39 is 11.4 Å². The average molecular weight is 320 g/mol.